The second-order valence-electron chi connectivity index (χ2n) is 4.88. The molecule has 0 amide bonds. The summed E-state index contributed by atoms with van der Waals surface area (Å²) in [5.74, 6) is -0.181. The van der Waals surface area contributed by atoms with E-state index in [1.54, 1.807) is 13.0 Å². The summed E-state index contributed by atoms with van der Waals surface area (Å²) in [6.07, 6.45) is 0.793. The molecular formula is C15H22FN3. The van der Waals surface area contributed by atoms with Gasteiger partial charge in [-0.15, -0.1) is 0 Å². The first-order valence-electron chi connectivity index (χ1n) is 6.54. The Morgan fingerprint density at radius 2 is 2.05 bits per heavy atom. The van der Waals surface area contributed by atoms with Crippen molar-refractivity contribution in [2.45, 2.75) is 41.0 Å². The van der Waals surface area contributed by atoms with Crippen LogP contribution in [0.2, 0.25) is 0 Å². The van der Waals surface area contributed by atoms with Gasteiger partial charge in [0.05, 0.1) is 11.4 Å². The molecule has 0 saturated heterocycles. The molecule has 3 nitrogen and oxygen atoms in total. The first kappa shape index (κ1) is 15.3. The molecule has 1 heterocycles. The number of aryl methyl sites for hydroxylation is 1. The van der Waals surface area contributed by atoms with E-state index < -0.39 is 5.95 Å². The van der Waals surface area contributed by atoms with Crippen LogP contribution in [-0.2, 0) is 0 Å². The van der Waals surface area contributed by atoms with E-state index >= 15 is 0 Å². The highest BCUT2D eigenvalue weighted by Gasteiger charge is 2.12. The van der Waals surface area contributed by atoms with Crippen molar-refractivity contribution in [2.24, 2.45) is 16.6 Å². The van der Waals surface area contributed by atoms with Crippen LogP contribution in [0.4, 0.5) is 10.1 Å². The fourth-order valence-electron chi connectivity index (χ4n) is 2.09. The monoisotopic (exact) mass is 263 g/mol. The molecule has 0 atom stereocenters. The first-order valence-corrected chi connectivity index (χ1v) is 6.54. The van der Waals surface area contributed by atoms with Crippen LogP contribution < -0.4 is 5.73 Å². The molecule has 0 aliphatic rings. The zero-order valence-corrected chi connectivity index (χ0v) is 12.3. The molecule has 0 saturated carbocycles. The van der Waals surface area contributed by atoms with E-state index in [1.807, 2.05) is 13.8 Å². The van der Waals surface area contributed by atoms with Gasteiger partial charge in [0.1, 0.15) is 0 Å². The maximum atomic E-state index is 13.0. The van der Waals surface area contributed by atoms with Crippen LogP contribution in [0.25, 0.3) is 0 Å². The van der Waals surface area contributed by atoms with Crippen LogP contribution >= 0.6 is 0 Å². The number of nitrogens with zero attached hydrogens (tertiary/aromatic N) is 2. The fraction of sp³-hybridized carbons (Fsp3) is 0.467. The number of nitrogens with two attached hydrogens (primary N) is 1. The smallest absolute Gasteiger partial charge is 0.213 e. The average molecular weight is 263 g/mol. The Morgan fingerprint density at radius 3 is 2.53 bits per heavy atom. The summed E-state index contributed by atoms with van der Waals surface area (Å²) in [5, 5.41) is 0. The molecular weight excluding hydrogens is 241 g/mol. The average Bonchev–Trinajstić information content (AvgIpc) is 2.32. The number of allylic oxidation sites excluding steroid dienone is 2. The molecule has 0 bridgehead atoms. The van der Waals surface area contributed by atoms with Crippen molar-refractivity contribution < 1.29 is 4.39 Å². The van der Waals surface area contributed by atoms with Crippen LogP contribution in [0, 0.1) is 18.8 Å². The topological polar surface area (TPSA) is 51.3 Å². The highest BCUT2D eigenvalue weighted by Crippen LogP contribution is 2.22. The third kappa shape index (κ3) is 3.88. The van der Waals surface area contributed by atoms with E-state index in [2.05, 4.69) is 23.8 Å². The molecule has 0 aliphatic carbocycles. The predicted molar refractivity (Wildman–Crippen MR) is 78.0 cm³/mol. The summed E-state index contributed by atoms with van der Waals surface area (Å²) in [5.41, 5.74) is 10.1. The summed E-state index contributed by atoms with van der Waals surface area (Å²) in [6.45, 7) is 9.88. The van der Waals surface area contributed by atoms with Gasteiger partial charge in [-0.1, -0.05) is 20.8 Å². The van der Waals surface area contributed by atoms with Crippen LogP contribution in [-0.4, -0.2) is 10.7 Å². The standard InChI is InChI=1S/C15H22FN3/c1-6-12(17)15(9(2)3)11(5)18-13-7-8-14(16)19-10(13)4/h7-9H,6,17H2,1-5H3/b15-12-,18-11?. The molecule has 0 aromatic carbocycles. The van der Waals surface area contributed by atoms with Crippen LogP contribution in [0.15, 0.2) is 28.4 Å². The lowest BCUT2D eigenvalue weighted by Gasteiger charge is -2.15. The quantitative estimate of drug-likeness (QED) is 0.661. The van der Waals surface area contributed by atoms with Crippen molar-refractivity contribution in [1.29, 1.82) is 0 Å². The lowest BCUT2D eigenvalue weighted by molar-refractivity contribution is 0.580. The minimum atomic E-state index is -0.484. The van der Waals surface area contributed by atoms with E-state index in [9.17, 15) is 4.39 Å². The van der Waals surface area contributed by atoms with Crippen LogP contribution in [0.1, 0.15) is 39.8 Å². The Bertz CT molecular complexity index is 516. The van der Waals surface area contributed by atoms with Gasteiger partial charge < -0.3 is 5.73 Å². The van der Waals surface area contributed by atoms with Gasteiger partial charge in [-0.2, -0.15) is 4.39 Å². The largest absolute Gasteiger partial charge is 0.402 e. The summed E-state index contributed by atoms with van der Waals surface area (Å²) < 4.78 is 13.0. The van der Waals surface area contributed by atoms with Gasteiger partial charge >= 0.3 is 0 Å². The van der Waals surface area contributed by atoms with E-state index in [0.29, 0.717) is 17.3 Å². The maximum absolute atomic E-state index is 13.0. The minimum absolute atomic E-state index is 0.303. The lowest BCUT2D eigenvalue weighted by Crippen LogP contribution is -2.13. The molecule has 0 spiro atoms. The molecule has 2 N–H and O–H groups in total. The first-order chi connectivity index (χ1) is 8.86. The summed E-state index contributed by atoms with van der Waals surface area (Å²) >= 11 is 0. The molecule has 4 heteroatoms. The number of aromatic nitrogens is 1. The Kier molecular flexibility index (Phi) is 5.21. The Hall–Kier alpha value is -1.71. The van der Waals surface area contributed by atoms with E-state index in [1.165, 1.54) is 6.07 Å². The number of aliphatic imine (C=N–C) groups is 1. The summed E-state index contributed by atoms with van der Waals surface area (Å²) in [6, 6.07) is 2.96. The molecule has 0 radical (unpaired) electrons. The molecule has 1 rings (SSSR count). The maximum Gasteiger partial charge on any atom is 0.213 e. The fourth-order valence-corrected chi connectivity index (χ4v) is 2.09. The number of pyridine rings is 1. The van der Waals surface area contributed by atoms with Gasteiger partial charge in [0.25, 0.3) is 0 Å². The van der Waals surface area contributed by atoms with Crippen molar-refractivity contribution in [3.63, 3.8) is 0 Å². The second-order valence-corrected chi connectivity index (χ2v) is 4.88. The zero-order valence-electron chi connectivity index (χ0n) is 12.3. The van der Waals surface area contributed by atoms with Gasteiger partial charge in [-0.05, 0) is 43.9 Å². The molecule has 0 unspecified atom stereocenters. The number of hydrogen-bond acceptors (Lipinski definition) is 3. The Balaban J connectivity index is 3.23. The van der Waals surface area contributed by atoms with Crippen molar-refractivity contribution in [1.82, 2.24) is 4.98 Å². The summed E-state index contributed by atoms with van der Waals surface area (Å²) in [7, 11) is 0. The molecule has 1 aromatic heterocycles. The Morgan fingerprint density at radius 1 is 1.42 bits per heavy atom. The van der Waals surface area contributed by atoms with E-state index in [4.69, 9.17) is 5.73 Å². The normalized spacial score (nSPS) is 13.7. The number of hydrogen-bond donors (Lipinski definition) is 1. The SMILES string of the molecule is CC/C(N)=C(/C(C)=Nc1ccc(F)nc1C)C(C)C. The van der Waals surface area contributed by atoms with Gasteiger partial charge in [-0.25, -0.2) is 4.98 Å². The third-order valence-corrected chi connectivity index (χ3v) is 3.01. The molecule has 0 fully saturated rings. The molecule has 1 aromatic rings. The zero-order chi connectivity index (χ0) is 14.6. The predicted octanol–water partition coefficient (Wildman–Crippen LogP) is 3.90. The highest BCUT2D eigenvalue weighted by molar-refractivity contribution is 6.00. The molecule has 0 aliphatic heterocycles. The summed E-state index contributed by atoms with van der Waals surface area (Å²) in [4.78, 5) is 8.31. The van der Waals surface area contributed by atoms with Gasteiger partial charge in [0.2, 0.25) is 5.95 Å². The molecule has 104 valence electrons. The third-order valence-electron chi connectivity index (χ3n) is 3.01. The van der Waals surface area contributed by atoms with Crippen LogP contribution in [0.5, 0.6) is 0 Å². The lowest BCUT2D eigenvalue weighted by atomic mass is 9.96. The van der Waals surface area contributed by atoms with Crippen molar-refractivity contribution in [3.05, 3.63) is 35.0 Å². The second kappa shape index (κ2) is 6.45. The van der Waals surface area contributed by atoms with Crippen molar-refractivity contribution in [3.8, 4) is 0 Å². The van der Waals surface area contributed by atoms with Gasteiger partial charge in [-0.3, -0.25) is 4.99 Å². The Labute approximate surface area is 114 Å². The van der Waals surface area contributed by atoms with Gasteiger partial charge in [0.15, 0.2) is 0 Å². The number of halogens is 1. The van der Waals surface area contributed by atoms with Crippen molar-refractivity contribution in [2.75, 3.05) is 0 Å². The van der Waals surface area contributed by atoms with Gasteiger partial charge in [0, 0.05) is 11.4 Å². The number of rotatable bonds is 4. The van der Waals surface area contributed by atoms with E-state index in [-0.39, 0.29) is 0 Å². The van der Waals surface area contributed by atoms with E-state index in [0.717, 1.165) is 23.4 Å². The minimum Gasteiger partial charge on any atom is -0.402 e. The van der Waals surface area contributed by atoms with Crippen LogP contribution in [0.3, 0.4) is 0 Å². The van der Waals surface area contributed by atoms with Crippen molar-refractivity contribution >= 4 is 11.4 Å². The molecule has 19 heavy (non-hydrogen) atoms. The highest BCUT2D eigenvalue weighted by atomic mass is 19.1.